The topological polar surface area (TPSA) is 92.7 Å². The maximum absolute atomic E-state index is 12.9. The number of aliphatic hydroxyl groups is 1. The summed E-state index contributed by atoms with van der Waals surface area (Å²) in [6.07, 6.45) is 0.687. The number of hydrogen-bond donors (Lipinski definition) is 2. The van der Waals surface area contributed by atoms with Gasteiger partial charge in [0.05, 0.1) is 5.25 Å². The van der Waals surface area contributed by atoms with Crippen molar-refractivity contribution in [2.75, 3.05) is 19.8 Å². The highest BCUT2D eigenvalue weighted by atomic mass is 32.2. The summed E-state index contributed by atoms with van der Waals surface area (Å²) in [6, 6.07) is 0. The van der Waals surface area contributed by atoms with E-state index in [1.54, 1.807) is 20.8 Å². The lowest BCUT2D eigenvalue weighted by molar-refractivity contribution is -0.125. The minimum Gasteiger partial charge on any atom is -0.396 e. The molecule has 1 heterocycles. The lowest BCUT2D eigenvalue weighted by Gasteiger charge is -2.35. The third-order valence-corrected chi connectivity index (χ3v) is 6.79. The van der Waals surface area contributed by atoms with E-state index in [1.807, 2.05) is 0 Å². The Morgan fingerprint density at radius 2 is 1.76 bits per heavy atom. The van der Waals surface area contributed by atoms with Gasteiger partial charge >= 0.3 is 0 Å². The van der Waals surface area contributed by atoms with Crippen molar-refractivity contribution in [1.29, 1.82) is 0 Å². The number of carbonyl (C=O) groups excluding carboxylic acids is 1. The number of nitrogens with one attached hydrogen (secondary N) is 1. The molecule has 1 aliphatic heterocycles. The second-order valence-electron chi connectivity index (χ2n) is 6.77. The van der Waals surface area contributed by atoms with E-state index < -0.39 is 31.3 Å². The highest BCUT2D eigenvalue weighted by molar-refractivity contribution is 7.94. The van der Waals surface area contributed by atoms with Crippen LogP contribution in [0, 0.1) is 0 Å². The summed E-state index contributed by atoms with van der Waals surface area (Å²) in [5.41, 5.74) is -0.529. The molecule has 1 atom stereocenters. The van der Waals surface area contributed by atoms with E-state index in [1.165, 1.54) is 6.92 Å². The van der Waals surface area contributed by atoms with Crippen LogP contribution in [0.3, 0.4) is 0 Å². The van der Waals surface area contributed by atoms with Gasteiger partial charge in [0, 0.05) is 25.4 Å². The van der Waals surface area contributed by atoms with Crippen molar-refractivity contribution in [1.82, 2.24) is 5.32 Å². The van der Waals surface area contributed by atoms with Crippen molar-refractivity contribution in [2.45, 2.75) is 62.5 Å². The Labute approximate surface area is 127 Å². The second kappa shape index (κ2) is 6.62. The average molecular weight is 321 g/mol. The first kappa shape index (κ1) is 18.4. The quantitative estimate of drug-likeness (QED) is 0.775. The minimum absolute atomic E-state index is 0.103. The predicted octanol–water partition coefficient (Wildman–Crippen LogP) is 0.636. The number of hydrogen-bond acceptors (Lipinski definition) is 5. The first-order chi connectivity index (χ1) is 9.54. The Morgan fingerprint density at radius 3 is 2.19 bits per heavy atom. The summed E-state index contributed by atoms with van der Waals surface area (Å²) >= 11 is 0. The van der Waals surface area contributed by atoms with Crippen LogP contribution in [0.25, 0.3) is 0 Å². The molecule has 1 aliphatic rings. The third kappa shape index (κ3) is 4.17. The largest absolute Gasteiger partial charge is 0.396 e. The molecule has 2 N–H and O–H groups in total. The number of sulfone groups is 1. The second-order valence-corrected chi connectivity index (χ2v) is 9.42. The standard InChI is InChI=1S/C14H27NO5S/c1-13(2,3)15-12(17)14(4,7-8-16)21(18,19)11-5-9-20-10-6-11/h11,16H,5-10H2,1-4H3,(H,15,17). The maximum atomic E-state index is 12.9. The van der Waals surface area contributed by atoms with Gasteiger partial charge in [-0.25, -0.2) is 8.42 Å². The molecule has 0 aromatic rings. The number of carbonyl (C=O) groups is 1. The van der Waals surface area contributed by atoms with Crippen LogP contribution in [-0.4, -0.2) is 54.8 Å². The van der Waals surface area contributed by atoms with Gasteiger partial charge in [-0.05, 0) is 47.0 Å². The smallest absolute Gasteiger partial charge is 0.241 e. The van der Waals surface area contributed by atoms with Gasteiger partial charge in [0.15, 0.2) is 9.84 Å². The molecule has 0 bridgehead atoms. The number of ether oxygens (including phenoxy) is 1. The van der Waals surface area contributed by atoms with E-state index in [0.717, 1.165) is 0 Å². The zero-order valence-corrected chi connectivity index (χ0v) is 14.1. The summed E-state index contributed by atoms with van der Waals surface area (Å²) in [5.74, 6) is -0.546. The maximum Gasteiger partial charge on any atom is 0.241 e. The zero-order valence-electron chi connectivity index (χ0n) is 13.3. The summed E-state index contributed by atoms with van der Waals surface area (Å²) in [6.45, 7) is 7.23. The first-order valence-electron chi connectivity index (χ1n) is 7.29. The Kier molecular flexibility index (Phi) is 5.80. The van der Waals surface area contributed by atoms with Gasteiger partial charge in [-0.1, -0.05) is 0 Å². The van der Waals surface area contributed by atoms with Crippen LogP contribution in [0.4, 0.5) is 0 Å². The van der Waals surface area contributed by atoms with Crippen LogP contribution < -0.4 is 5.32 Å². The molecule has 0 aromatic carbocycles. The van der Waals surface area contributed by atoms with Gasteiger partial charge in [-0.2, -0.15) is 0 Å². The Hall–Kier alpha value is -0.660. The van der Waals surface area contributed by atoms with Gasteiger partial charge in [0.1, 0.15) is 4.75 Å². The van der Waals surface area contributed by atoms with Crippen molar-refractivity contribution < 1.29 is 23.1 Å². The number of rotatable bonds is 5. The molecule has 1 fully saturated rings. The van der Waals surface area contributed by atoms with Crippen molar-refractivity contribution in [3.63, 3.8) is 0 Å². The molecule has 1 rings (SSSR count). The highest BCUT2D eigenvalue weighted by Crippen LogP contribution is 2.31. The normalized spacial score (nSPS) is 20.8. The lowest BCUT2D eigenvalue weighted by Crippen LogP contribution is -2.58. The predicted molar refractivity (Wildman–Crippen MR) is 80.8 cm³/mol. The van der Waals surface area contributed by atoms with Crippen molar-refractivity contribution in [3.8, 4) is 0 Å². The number of aliphatic hydroxyl groups excluding tert-OH is 1. The summed E-state index contributed by atoms with van der Waals surface area (Å²) < 4.78 is 29.4. The first-order valence-corrected chi connectivity index (χ1v) is 8.84. The molecule has 0 spiro atoms. The molecule has 0 radical (unpaired) electrons. The SMILES string of the molecule is CC(C)(C)NC(=O)C(C)(CCO)S(=O)(=O)C1CCOCC1. The Bertz CT molecular complexity index is 462. The van der Waals surface area contributed by atoms with Crippen molar-refractivity contribution in [2.24, 2.45) is 0 Å². The molecule has 6 nitrogen and oxygen atoms in total. The van der Waals surface area contributed by atoms with Gasteiger partial charge in [-0.15, -0.1) is 0 Å². The van der Waals surface area contributed by atoms with E-state index >= 15 is 0 Å². The van der Waals surface area contributed by atoms with E-state index in [0.29, 0.717) is 26.1 Å². The molecule has 0 aromatic heterocycles. The molecule has 0 aliphatic carbocycles. The van der Waals surface area contributed by atoms with E-state index in [9.17, 15) is 18.3 Å². The van der Waals surface area contributed by atoms with E-state index in [4.69, 9.17) is 4.74 Å². The van der Waals surface area contributed by atoms with Crippen LogP contribution in [0.15, 0.2) is 0 Å². The fourth-order valence-electron chi connectivity index (χ4n) is 2.43. The van der Waals surface area contributed by atoms with Gasteiger partial charge < -0.3 is 15.2 Å². The van der Waals surface area contributed by atoms with Gasteiger partial charge in [0.25, 0.3) is 0 Å². The number of amides is 1. The summed E-state index contributed by atoms with van der Waals surface area (Å²) in [5, 5.41) is 11.4. The van der Waals surface area contributed by atoms with Gasteiger partial charge in [0.2, 0.25) is 5.91 Å². The van der Waals surface area contributed by atoms with Crippen LogP contribution in [0.1, 0.15) is 47.0 Å². The lowest BCUT2D eigenvalue weighted by atomic mass is 10.0. The van der Waals surface area contributed by atoms with Crippen LogP contribution >= 0.6 is 0 Å². The summed E-state index contributed by atoms with van der Waals surface area (Å²) in [4.78, 5) is 12.5. The van der Waals surface area contributed by atoms with Crippen molar-refractivity contribution >= 4 is 15.7 Å². The Balaban J connectivity index is 3.10. The monoisotopic (exact) mass is 321 g/mol. The Morgan fingerprint density at radius 1 is 1.24 bits per heavy atom. The van der Waals surface area contributed by atoms with Crippen molar-refractivity contribution in [3.05, 3.63) is 0 Å². The molecule has 7 heteroatoms. The zero-order chi connectivity index (χ0) is 16.3. The third-order valence-electron chi connectivity index (χ3n) is 3.79. The van der Waals surface area contributed by atoms with Crippen LogP contribution in [0.2, 0.25) is 0 Å². The molecular formula is C14H27NO5S. The fraction of sp³-hybridized carbons (Fsp3) is 0.929. The molecule has 1 amide bonds. The van der Waals surface area contributed by atoms with Gasteiger partial charge in [-0.3, -0.25) is 4.79 Å². The minimum atomic E-state index is -3.71. The molecular weight excluding hydrogens is 294 g/mol. The molecule has 0 saturated carbocycles. The van der Waals surface area contributed by atoms with Crippen LogP contribution in [0.5, 0.6) is 0 Å². The molecule has 124 valence electrons. The average Bonchev–Trinajstić information content (AvgIpc) is 2.37. The van der Waals surface area contributed by atoms with Crippen LogP contribution in [-0.2, 0) is 19.4 Å². The van der Waals surface area contributed by atoms with E-state index in [-0.39, 0.29) is 13.0 Å². The molecule has 1 unspecified atom stereocenters. The highest BCUT2D eigenvalue weighted by Gasteiger charge is 2.50. The fourth-order valence-corrected chi connectivity index (χ4v) is 4.66. The molecule has 1 saturated heterocycles. The van der Waals surface area contributed by atoms with E-state index in [2.05, 4.69) is 5.32 Å². The summed E-state index contributed by atoms with van der Waals surface area (Å²) in [7, 11) is -3.71. The molecule has 21 heavy (non-hydrogen) atoms.